The van der Waals surface area contributed by atoms with Crippen LogP contribution in [-0.2, 0) is 17.6 Å². The molecule has 0 saturated carbocycles. The van der Waals surface area contributed by atoms with Gasteiger partial charge in [0, 0.05) is 28.7 Å². The van der Waals surface area contributed by atoms with Gasteiger partial charge in [-0.05, 0) is 48.1 Å². The first-order valence-corrected chi connectivity index (χ1v) is 12.5. The van der Waals surface area contributed by atoms with E-state index in [1.54, 1.807) is 18.2 Å². The van der Waals surface area contributed by atoms with Crippen molar-refractivity contribution in [3.8, 4) is 22.6 Å². The average molecular weight is 497 g/mol. The zero-order valence-corrected chi connectivity index (χ0v) is 20.4. The Kier molecular flexibility index (Phi) is 6.89. The molecule has 1 atom stereocenters. The molecule has 2 aliphatic heterocycles. The molecule has 0 aromatic heterocycles. The standard InChI is InChI=1S/C30H28F4O2/c1-3-5-17-7-12-25(35-16-17)19-10-11-22(24(31)15-19)23-14-21-13-20-9-8-18(6-4-2)26(32)29(20)36-30(21)28(34)27(23)33/h7-11,14-15,25H,3-6,12-13,16H2,1-2H3. The van der Waals surface area contributed by atoms with Crippen molar-refractivity contribution in [2.24, 2.45) is 0 Å². The molecule has 2 heterocycles. The largest absolute Gasteiger partial charge is 0.450 e. The van der Waals surface area contributed by atoms with E-state index in [4.69, 9.17) is 9.47 Å². The Labute approximate surface area is 208 Å². The van der Waals surface area contributed by atoms with Crippen molar-refractivity contribution in [3.05, 3.63) is 93.6 Å². The van der Waals surface area contributed by atoms with Gasteiger partial charge in [0.05, 0.1) is 12.7 Å². The van der Waals surface area contributed by atoms with E-state index < -0.39 is 23.3 Å². The minimum Gasteiger partial charge on any atom is -0.450 e. The Morgan fingerprint density at radius 3 is 2.28 bits per heavy atom. The average Bonchev–Trinajstić information content (AvgIpc) is 2.88. The van der Waals surface area contributed by atoms with Crippen LogP contribution >= 0.6 is 0 Å². The van der Waals surface area contributed by atoms with Gasteiger partial charge in [0.2, 0.25) is 5.82 Å². The van der Waals surface area contributed by atoms with Crippen LogP contribution in [0.3, 0.4) is 0 Å². The molecule has 0 bridgehead atoms. The third-order valence-electron chi connectivity index (χ3n) is 6.92. The lowest BCUT2D eigenvalue weighted by Gasteiger charge is -2.24. The van der Waals surface area contributed by atoms with Crippen LogP contribution in [0.2, 0.25) is 0 Å². The maximum atomic E-state index is 15.2. The van der Waals surface area contributed by atoms with Crippen molar-refractivity contribution in [3.63, 3.8) is 0 Å². The van der Waals surface area contributed by atoms with Gasteiger partial charge >= 0.3 is 0 Å². The maximum Gasteiger partial charge on any atom is 0.202 e. The van der Waals surface area contributed by atoms with Gasteiger partial charge in [0.15, 0.2) is 23.1 Å². The summed E-state index contributed by atoms with van der Waals surface area (Å²) in [5.74, 6) is -4.11. The molecule has 0 aliphatic carbocycles. The van der Waals surface area contributed by atoms with Gasteiger partial charge in [0.25, 0.3) is 0 Å². The molecule has 0 saturated heterocycles. The van der Waals surface area contributed by atoms with Crippen LogP contribution in [0.4, 0.5) is 17.6 Å². The highest BCUT2D eigenvalue weighted by molar-refractivity contribution is 5.69. The summed E-state index contributed by atoms with van der Waals surface area (Å²) in [6, 6.07) is 9.30. The van der Waals surface area contributed by atoms with Crippen molar-refractivity contribution >= 4 is 0 Å². The molecule has 3 aromatic rings. The molecular formula is C30H28F4O2. The molecule has 2 nitrogen and oxygen atoms in total. The topological polar surface area (TPSA) is 18.5 Å². The molecule has 0 amide bonds. The van der Waals surface area contributed by atoms with Crippen molar-refractivity contribution < 1.29 is 27.0 Å². The van der Waals surface area contributed by atoms with Gasteiger partial charge in [-0.2, -0.15) is 4.39 Å². The van der Waals surface area contributed by atoms with E-state index in [0.29, 0.717) is 41.7 Å². The van der Waals surface area contributed by atoms with E-state index >= 15 is 13.2 Å². The highest BCUT2D eigenvalue weighted by atomic mass is 19.2. The molecule has 3 aromatic carbocycles. The van der Waals surface area contributed by atoms with Crippen molar-refractivity contribution in [1.82, 2.24) is 0 Å². The second-order valence-corrected chi connectivity index (χ2v) is 9.48. The van der Waals surface area contributed by atoms with Crippen LogP contribution in [0.5, 0.6) is 11.5 Å². The number of ether oxygens (including phenoxy) is 2. The zero-order valence-electron chi connectivity index (χ0n) is 20.4. The van der Waals surface area contributed by atoms with Crippen LogP contribution in [0.1, 0.15) is 67.9 Å². The summed E-state index contributed by atoms with van der Waals surface area (Å²) in [5, 5.41) is 0. The summed E-state index contributed by atoms with van der Waals surface area (Å²) < 4.78 is 71.8. The fourth-order valence-electron chi connectivity index (χ4n) is 5.04. The minimum atomic E-state index is -1.25. The minimum absolute atomic E-state index is 0.0498. The smallest absolute Gasteiger partial charge is 0.202 e. The van der Waals surface area contributed by atoms with Crippen LogP contribution in [0.15, 0.2) is 48.0 Å². The van der Waals surface area contributed by atoms with Gasteiger partial charge in [-0.15, -0.1) is 0 Å². The number of halogens is 4. The predicted molar refractivity (Wildman–Crippen MR) is 131 cm³/mol. The van der Waals surface area contributed by atoms with Gasteiger partial charge in [-0.1, -0.05) is 57.0 Å². The predicted octanol–water partition coefficient (Wildman–Crippen LogP) is 8.75. The molecule has 5 rings (SSSR count). The second-order valence-electron chi connectivity index (χ2n) is 9.48. The van der Waals surface area contributed by atoms with Crippen molar-refractivity contribution in [2.45, 2.75) is 58.5 Å². The van der Waals surface area contributed by atoms with Crippen LogP contribution in [0.25, 0.3) is 11.1 Å². The van der Waals surface area contributed by atoms with E-state index in [2.05, 4.69) is 13.0 Å². The van der Waals surface area contributed by atoms with Crippen LogP contribution in [-0.4, -0.2) is 6.61 Å². The maximum absolute atomic E-state index is 15.2. The van der Waals surface area contributed by atoms with Crippen molar-refractivity contribution in [1.29, 1.82) is 0 Å². The number of fused-ring (bicyclic) bond motifs is 2. The van der Waals surface area contributed by atoms with Gasteiger partial charge < -0.3 is 9.47 Å². The van der Waals surface area contributed by atoms with Crippen LogP contribution in [0, 0.1) is 23.3 Å². The summed E-state index contributed by atoms with van der Waals surface area (Å²) >= 11 is 0. The summed E-state index contributed by atoms with van der Waals surface area (Å²) in [5.41, 5.74) is 2.99. The number of hydrogen-bond acceptors (Lipinski definition) is 2. The van der Waals surface area contributed by atoms with Crippen molar-refractivity contribution in [2.75, 3.05) is 6.61 Å². The molecule has 0 radical (unpaired) electrons. The molecule has 36 heavy (non-hydrogen) atoms. The van der Waals surface area contributed by atoms with Gasteiger partial charge in [0.1, 0.15) is 5.82 Å². The van der Waals surface area contributed by atoms with Crippen LogP contribution < -0.4 is 4.74 Å². The monoisotopic (exact) mass is 496 g/mol. The highest BCUT2D eigenvalue weighted by Crippen LogP contribution is 2.44. The Hall–Kier alpha value is -3.12. The summed E-state index contributed by atoms with van der Waals surface area (Å²) in [7, 11) is 0. The number of rotatable bonds is 6. The lowest BCUT2D eigenvalue weighted by molar-refractivity contribution is 0.0597. The molecule has 6 heteroatoms. The van der Waals surface area contributed by atoms with E-state index in [0.717, 1.165) is 19.3 Å². The zero-order chi connectivity index (χ0) is 25.4. The van der Waals surface area contributed by atoms with E-state index in [-0.39, 0.29) is 35.2 Å². The second kappa shape index (κ2) is 10.1. The molecule has 0 spiro atoms. The van der Waals surface area contributed by atoms with E-state index in [1.165, 1.54) is 23.8 Å². The Morgan fingerprint density at radius 2 is 1.58 bits per heavy atom. The molecule has 2 aliphatic rings. The third-order valence-corrected chi connectivity index (χ3v) is 6.92. The number of benzene rings is 3. The summed E-state index contributed by atoms with van der Waals surface area (Å²) in [6.45, 7) is 4.55. The third kappa shape index (κ3) is 4.43. The Bertz CT molecular complexity index is 1350. The normalized spacial score (nSPS) is 16.7. The molecule has 0 fully saturated rings. The lowest BCUT2D eigenvalue weighted by Crippen LogP contribution is -2.12. The fourth-order valence-corrected chi connectivity index (χ4v) is 5.04. The van der Waals surface area contributed by atoms with E-state index in [1.807, 2.05) is 6.92 Å². The molecule has 188 valence electrons. The first-order valence-electron chi connectivity index (χ1n) is 12.5. The molecule has 1 unspecified atom stereocenters. The molecular weight excluding hydrogens is 468 g/mol. The molecule has 0 N–H and O–H groups in total. The summed E-state index contributed by atoms with van der Waals surface area (Å²) in [6.07, 6.45) is 5.92. The fraction of sp³-hybridized carbons (Fsp3) is 0.333. The summed E-state index contributed by atoms with van der Waals surface area (Å²) in [4.78, 5) is 0. The first kappa shape index (κ1) is 24.6. The highest BCUT2D eigenvalue weighted by Gasteiger charge is 2.29. The van der Waals surface area contributed by atoms with Gasteiger partial charge in [-0.25, -0.2) is 13.2 Å². The first-order chi connectivity index (χ1) is 17.4. The van der Waals surface area contributed by atoms with E-state index in [9.17, 15) is 4.39 Å². The Morgan fingerprint density at radius 1 is 0.806 bits per heavy atom. The lowest BCUT2D eigenvalue weighted by atomic mass is 9.92. The number of aryl methyl sites for hydroxylation is 1. The number of hydrogen-bond donors (Lipinski definition) is 0. The Balaban J connectivity index is 1.46. The SMILES string of the molecule is CCCC1=CCC(c2ccc(-c3cc4c(c(F)c3F)Oc3c(ccc(CCC)c3F)C4)c(F)c2)OC1. The quantitative estimate of drug-likeness (QED) is 0.196. The van der Waals surface area contributed by atoms with Gasteiger partial charge in [-0.3, -0.25) is 0 Å².